The number of carbonyl (C=O) groups is 1. The minimum absolute atomic E-state index is 0.219. The number of hydrogen-bond donors (Lipinski definition) is 0. The lowest BCUT2D eigenvalue weighted by Crippen LogP contribution is -2.39. The highest BCUT2D eigenvalue weighted by atomic mass is 35.5. The normalized spacial score (nSPS) is 14.9. The van der Waals surface area contributed by atoms with E-state index in [1.54, 1.807) is 18.4 Å². The standard InChI is InChI=1S/C32H30ClN3O4S/c1-5-39-31(38)28-20(2)34-32-36(29(28)22-12-14-24(15-13-22)35(3)4)30(37)27(41-32)18-21-10-16-25(17-11-21)40-19-23-8-6-7-9-26(23)33/h6-18,29H,5,19H2,1-4H3. The zero-order valence-electron chi connectivity index (χ0n) is 23.3. The molecule has 0 spiro atoms. The van der Waals surface area contributed by atoms with Gasteiger partial charge in [0.05, 0.1) is 28.5 Å². The van der Waals surface area contributed by atoms with Crippen molar-refractivity contribution in [2.45, 2.75) is 26.5 Å². The van der Waals surface area contributed by atoms with Crippen LogP contribution in [0.2, 0.25) is 5.02 Å². The predicted molar refractivity (Wildman–Crippen MR) is 163 cm³/mol. The quantitative estimate of drug-likeness (QED) is 0.268. The Morgan fingerprint density at radius 1 is 1.07 bits per heavy atom. The molecular weight excluding hydrogens is 558 g/mol. The van der Waals surface area contributed by atoms with Gasteiger partial charge in [-0.25, -0.2) is 9.79 Å². The monoisotopic (exact) mass is 587 g/mol. The summed E-state index contributed by atoms with van der Waals surface area (Å²) in [5.74, 6) is 0.219. The number of ether oxygens (including phenoxy) is 2. The van der Waals surface area contributed by atoms with Crippen molar-refractivity contribution < 1.29 is 14.3 Å². The lowest BCUT2D eigenvalue weighted by molar-refractivity contribution is -0.139. The van der Waals surface area contributed by atoms with Gasteiger partial charge in [0.1, 0.15) is 12.4 Å². The fourth-order valence-electron chi connectivity index (χ4n) is 4.65. The van der Waals surface area contributed by atoms with Crippen LogP contribution in [0.4, 0.5) is 5.69 Å². The summed E-state index contributed by atoms with van der Waals surface area (Å²) < 4.78 is 13.4. The second-order valence-corrected chi connectivity index (χ2v) is 11.2. The van der Waals surface area contributed by atoms with Gasteiger partial charge in [-0.2, -0.15) is 0 Å². The molecule has 0 saturated heterocycles. The topological polar surface area (TPSA) is 73.1 Å². The lowest BCUT2D eigenvalue weighted by atomic mass is 9.95. The van der Waals surface area contributed by atoms with Gasteiger partial charge in [-0.1, -0.05) is 65.4 Å². The van der Waals surface area contributed by atoms with Gasteiger partial charge in [-0.3, -0.25) is 9.36 Å². The minimum atomic E-state index is -0.649. The van der Waals surface area contributed by atoms with E-state index in [0.29, 0.717) is 38.0 Å². The Balaban J connectivity index is 1.50. The Hall–Kier alpha value is -4.14. The molecule has 41 heavy (non-hydrogen) atoms. The molecule has 4 aromatic rings. The lowest BCUT2D eigenvalue weighted by Gasteiger charge is -2.25. The molecule has 5 rings (SSSR count). The molecule has 1 atom stereocenters. The summed E-state index contributed by atoms with van der Waals surface area (Å²) in [5.41, 5.74) is 4.25. The van der Waals surface area contributed by atoms with Crippen LogP contribution in [-0.4, -0.2) is 31.2 Å². The number of thiazole rings is 1. The summed E-state index contributed by atoms with van der Waals surface area (Å²) in [6.07, 6.45) is 1.83. The van der Waals surface area contributed by atoms with Crippen molar-refractivity contribution in [3.63, 3.8) is 0 Å². The van der Waals surface area contributed by atoms with Gasteiger partial charge in [-0.05, 0) is 61.4 Å². The Bertz CT molecular complexity index is 1790. The van der Waals surface area contributed by atoms with E-state index in [1.807, 2.05) is 97.9 Å². The first-order valence-electron chi connectivity index (χ1n) is 13.2. The molecule has 3 aromatic carbocycles. The Labute approximate surface area is 247 Å². The molecule has 1 aliphatic rings. The van der Waals surface area contributed by atoms with Crippen LogP contribution in [0.1, 0.15) is 36.6 Å². The van der Waals surface area contributed by atoms with Crippen molar-refractivity contribution >= 4 is 40.7 Å². The predicted octanol–water partition coefficient (Wildman–Crippen LogP) is 5.10. The highest BCUT2D eigenvalue weighted by molar-refractivity contribution is 7.07. The summed E-state index contributed by atoms with van der Waals surface area (Å²) in [6, 6.07) is 22.2. The number of aromatic nitrogens is 1. The van der Waals surface area contributed by atoms with E-state index in [1.165, 1.54) is 11.3 Å². The molecule has 0 radical (unpaired) electrons. The Kier molecular flexibility index (Phi) is 8.42. The third kappa shape index (κ3) is 5.99. The summed E-state index contributed by atoms with van der Waals surface area (Å²) in [4.78, 5) is 34.1. The summed E-state index contributed by atoms with van der Waals surface area (Å²) >= 11 is 7.53. The number of halogens is 1. The molecule has 1 aromatic heterocycles. The maximum Gasteiger partial charge on any atom is 0.338 e. The number of carbonyl (C=O) groups excluding carboxylic acids is 1. The Morgan fingerprint density at radius 2 is 1.78 bits per heavy atom. The van der Waals surface area contributed by atoms with Crippen molar-refractivity contribution in [3.05, 3.63) is 125 Å². The molecule has 1 aliphatic heterocycles. The van der Waals surface area contributed by atoms with Gasteiger partial charge < -0.3 is 14.4 Å². The highest BCUT2D eigenvalue weighted by Gasteiger charge is 2.33. The number of allylic oxidation sites excluding steroid dienone is 1. The van der Waals surface area contributed by atoms with Crippen LogP contribution < -0.4 is 24.5 Å². The second kappa shape index (κ2) is 12.2. The van der Waals surface area contributed by atoms with Gasteiger partial charge in [-0.15, -0.1) is 0 Å². The van der Waals surface area contributed by atoms with Gasteiger partial charge in [0.25, 0.3) is 5.56 Å². The van der Waals surface area contributed by atoms with Gasteiger partial charge in [0.2, 0.25) is 0 Å². The van der Waals surface area contributed by atoms with E-state index >= 15 is 0 Å². The van der Waals surface area contributed by atoms with Crippen LogP contribution in [0.3, 0.4) is 0 Å². The number of fused-ring (bicyclic) bond motifs is 1. The first kappa shape index (κ1) is 28.4. The molecule has 7 nitrogen and oxygen atoms in total. The first-order chi connectivity index (χ1) is 19.8. The van der Waals surface area contributed by atoms with Gasteiger partial charge >= 0.3 is 5.97 Å². The molecule has 210 valence electrons. The molecule has 0 bridgehead atoms. The second-order valence-electron chi connectivity index (χ2n) is 9.74. The molecule has 9 heteroatoms. The van der Waals surface area contributed by atoms with Crippen LogP contribution in [0.5, 0.6) is 5.75 Å². The Morgan fingerprint density at radius 3 is 2.44 bits per heavy atom. The highest BCUT2D eigenvalue weighted by Crippen LogP contribution is 2.31. The molecule has 2 heterocycles. The average Bonchev–Trinajstić information content (AvgIpc) is 3.26. The van der Waals surface area contributed by atoms with Crippen molar-refractivity contribution in [3.8, 4) is 5.75 Å². The van der Waals surface area contributed by atoms with Crippen molar-refractivity contribution in [1.82, 2.24) is 4.57 Å². The zero-order valence-corrected chi connectivity index (χ0v) is 24.8. The van der Waals surface area contributed by atoms with Crippen molar-refractivity contribution in [2.24, 2.45) is 4.99 Å². The van der Waals surface area contributed by atoms with E-state index in [-0.39, 0.29) is 12.2 Å². The molecule has 0 amide bonds. The van der Waals surface area contributed by atoms with Gasteiger partial charge in [0.15, 0.2) is 4.80 Å². The number of nitrogens with zero attached hydrogens (tertiary/aromatic N) is 3. The number of rotatable bonds is 8. The average molecular weight is 588 g/mol. The third-order valence-corrected chi connectivity index (χ3v) is 8.12. The summed E-state index contributed by atoms with van der Waals surface area (Å²) in [7, 11) is 3.92. The van der Waals surface area contributed by atoms with Gasteiger partial charge in [0, 0.05) is 30.4 Å². The van der Waals surface area contributed by atoms with Crippen LogP contribution in [0.25, 0.3) is 6.08 Å². The minimum Gasteiger partial charge on any atom is -0.489 e. The smallest absolute Gasteiger partial charge is 0.338 e. The van der Waals surface area contributed by atoms with E-state index in [9.17, 15) is 9.59 Å². The molecule has 0 fully saturated rings. The molecular formula is C32H30ClN3O4S. The molecule has 1 unspecified atom stereocenters. The van der Waals surface area contributed by atoms with Crippen LogP contribution in [0.15, 0.2) is 93.9 Å². The van der Waals surface area contributed by atoms with Crippen LogP contribution in [0, 0.1) is 0 Å². The summed E-state index contributed by atoms with van der Waals surface area (Å²) in [6.45, 7) is 4.13. The van der Waals surface area contributed by atoms with E-state index in [2.05, 4.69) is 4.99 Å². The SMILES string of the molecule is CCOC(=O)C1=C(C)N=c2sc(=Cc3ccc(OCc4ccccc4Cl)cc3)c(=O)n2C1c1ccc(N(C)C)cc1. The van der Waals surface area contributed by atoms with E-state index in [4.69, 9.17) is 21.1 Å². The maximum atomic E-state index is 13.8. The number of hydrogen-bond acceptors (Lipinski definition) is 7. The van der Waals surface area contributed by atoms with Crippen molar-refractivity contribution in [2.75, 3.05) is 25.6 Å². The number of esters is 1. The molecule has 0 saturated carbocycles. The zero-order chi connectivity index (χ0) is 29.1. The maximum absolute atomic E-state index is 13.8. The van der Waals surface area contributed by atoms with Crippen LogP contribution >= 0.6 is 22.9 Å². The fourth-order valence-corrected chi connectivity index (χ4v) is 5.89. The van der Waals surface area contributed by atoms with E-state index in [0.717, 1.165) is 22.4 Å². The number of benzene rings is 3. The van der Waals surface area contributed by atoms with E-state index < -0.39 is 12.0 Å². The largest absolute Gasteiger partial charge is 0.489 e. The third-order valence-electron chi connectivity index (χ3n) is 6.77. The first-order valence-corrected chi connectivity index (χ1v) is 14.4. The summed E-state index contributed by atoms with van der Waals surface area (Å²) in [5, 5.41) is 0.660. The molecule has 0 N–H and O–H groups in total. The van der Waals surface area contributed by atoms with Crippen LogP contribution in [-0.2, 0) is 16.1 Å². The fraction of sp³-hybridized carbons (Fsp3) is 0.219. The molecule has 0 aliphatic carbocycles. The van der Waals surface area contributed by atoms with Crippen molar-refractivity contribution in [1.29, 1.82) is 0 Å². The number of anilines is 1.